The Kier molecular flexibility index (Phi) is 5.88. The third kappa shape index (κ3) is 3.92. The monoisotopic (exact) mass is 621 g/mol. The van der Waals surface area contributed by atoms with Crippen LogP contribution in [-0.2, 0) is 5.41 Å². The number of benzene rings is 6. The summed E-state index contributed by atoms with van der Waals surface area (Å²) in [5.41, 5.74) is 12.4. The summed E-state index contributed by atoms with van der Waals surface area (Å²) in [7, 11) is 0. The molecule has 0 fully saturated rings. The summed E-state index contributed by atoms with van der Waals surface area (Å²) in [6.45, 7) is 4.85. The van der Waals surface area contributed by atoms with Crippen molar-refractivity contribution in [2.24, 2.45) is 0 Å². The van der Waals surface area contributed by atoms with Gasteiger partial charge in [0.1, 0.15) is 0 Å². The van der Waals surface area contributed by atoms with Crippen molar-refractivity contribution in [3.8, 4) is 0 Å². The predicted octanol–water partition coefficient (Wildman–Crippen LogP) is 12.8. The Bertz CT molecular complexity index is 2450. The fraction of sp³-hybridized carbons (Fsp3) is 0.156. The van der Waals surface area contributed by atoms with Crippen LogP contribution in [0.25, 0.3) is 43.5 Å². The average molecular weight is 622 g/mol. The van der Waals surface area contributed by atoms with Crippen LogP contribution < -0.4 is 4.90 Å². The van der Waals surface area contributed by atoms with Crippen molar-refractivity contribution in [3.05, 3.63) is 156 Å². The fourth-order valence-corrected chi connectivity index (χ4v) is 10.1. The molecule has 6 aromatic rings. The zero-order valence-corrected chi connectivity index (χ0v) is 27.6. The Hall–Kier alpha value is -4.79. The quantitative estimate of drug-likeness (QED) is 0.181. The van der Waals surface area contributed by atoms with E-state index in [-0.39, 0.29) is 5.41 Å². The zero-order valence-electron chi connectivity index (χ0n) is 26.8. The van der Waals surface area contributed by atoms with Crippen molar-refractivity contribution in [2.45, 2.75) is 48.7 Å². The van der Waals surface area contributed by atoms with Crippen molar-refractivity contribution < 1.29 is 0 Å². The summed E-state index contributed by atoms with van der Waals surface area (Å²) >= 11 is 2.02. The minimum Gasteiger partial charge on any atom is -0.309 e. The second kappa shape index (κ2) is 10.1. The van der Waals surface area contributed by atoms with E-state index >= 15 is 0 Å². The SMILES string of the molecule is CC1(C)C2=C(C=CCC2)c2c(N(c3ccc4c(c3)C3=CC=CCC3S4)c3cc4c5ccccc5ccc4c4ccccc34)cccc21. The highest BCUT2D eigenvalue weighted by atomic mass is 32.2. The molecule has 1 nitrogen and oxygen atoms in total. The molecule has 2 heteroatoms. The second-order valence-electron chi connectivity index (χ2n) is 13.9. The maximum absolute atomic E-state index is 2.59. The minimum absolute atomic E-state index is 0.000197. The first-order valence-corrected chi connectivity index (χ1v) is 17.8. The van der Waals surface area contributed by atoms with Gasteiger partial charge in [-0.15, -0.1) is 11.8 Å². The summed E-state index contributed by atoms with van der Waals surface area (Å²) in [4.78, 5) is 3.98. The Balaban J connectivity index is 1.32. The number of nitrogens with zero attached hydrogens (tertiary/aromatic N) is 1. The predicted molar refractivity (Wildman–Crippen MR) is 203 cm³/mol. The number of thioether (sulfide) groups is 1. The Morgan fingerprint density at radius 1 is 0.723 bits per heavy atom. The molecule has 1 unspecified atom stereocenters. The third-order valence-electron chi connectivity index (χ3n) is 11.0. The summed E-state index contributed by atoms with van der Waals surface area (Å²) < 4.78 is 0. The van der Waals surface area contributed by atoms with Gasteiger partial charge in [0, 0.05) is 32.2 Å². The highest BCUT2D eigenvalue weighted by molar-refractivity contribution is 8.00. The molecule has 0 aromatic heterocycles. The second-order valence-corrected chi connectivity index (χ2v) is 15.1. The molecule has 1 atom stereocenters. The Labute approximate surface area is 280 Å². The van der Waals surface area contributed by atoms with Crippen LogP contribution in [0.4, 0.5) is 17.1 Å². The van der Waals surface area contributed by atoms with Crippen LogP contribution in [0.15, 0.2) is 144 Å². The zero-order chi connectivity index (χ0) is 31.3. The van der Waals surface area contributed by atoms with E-state index in [9.17, 15) is 0 Å². The molecule has 1 aliphatic heterocycles. The molecule has 0 radical (unpaired) electrons. The molecule has 6 aromatic carbocycles. The van der Waals surface area contributed by atoms with Gasteiger partial charge in [-0.3, -0.25) is 0 Å². The largest absolute Gasteiger partial charge is 0.309 e. The molecule has 0 saturated heterocycles. The summed E-state index contributed by atoms with van der Waals surface area (Å²) in [5.74, 6) is 0. The van der Waals surface area contributed by atoms with Gasteiger partial charge in [0.15, 0.2) is 0 Å². The first-order valence-electron chi connectivity index (χ1n) is 16.9. The first kappa shape index (κ1) is 27.3. The highest BCUT2D eigenvalue weighted by Gasteiger charge is 2.40. The first-order chi connectivity index (χ1) is 23.1. The number of anilines is 3. The lowest BCUT2D eigenvalue weighted by Gasteiger charge is -2.31. The lowest BCUT2D eigenvalue weighted by molar-refractivity contribution is 0.607. The van der Waals surface area contributed by atoms with Crippen LogP contribution in [-0.4, -0.2) is 5.25 Å². The van der Waals surface area contributed by atoms with E-state index in [0.29, 0.717) is 5.25 Å². The van der Waals surface area contributed by atoms with Gasteiger partial charge in [0.25, 0.3) is 0 Å². The normalized spacial score (nSPS) is 18.8. The van der Waals surface area contributed by atoms with Gasteiger partial charge < -0.3 is 4.90 Å². The molecule has 0 N–H and O–H groups in total. The van der Waals surface area contributed by atoms with Crippen molar-refractivity contribution >= 4 is 72.3 Å². The summed E-state index contributed by atoms with van der Waals surface area (Å²) in [6, 6.07) is 39.1. The van der Waals surface area contributed by atoms with E-state index in [4.69, 9.17) is 0 Å². The van der Waals surface area contributed by atoms with E-state index in [1.165, 1.54) is 82.1 Å². The number of rotatable bonds is 3. The molecule has 3 aliphatic carbocycles. The van der Waals surface area contributed by atoms with E-state index < -0.39 is 0 Å². The van der Waals surface area contributed by atoms with Gasteiger partial charge in [-0.1, -0.05) is 123 Å². The molecule has 0 amide bonds. The number of hydrogen-bond acceptors (Lipinski definition) is 2. The van der Waals surface area contributed by atoms with Gasteiger partial charge in [0.05, 0.1) is 11.4 Å². The van der Waals surface area contributed by atoms with Crippen LogP contribution >= 0.6 is 11.8 Å². The molecule has 0 saturated carbocycles. The van der Waals surface area contributed by atoms with E-state index in [1.807, 2.05) is 11.8 Å². The molecule has 47 heavy (non-hydrogen) atoms. The molecular formula is C45H35NS. The van der Waals surface area contributed by atoms with Crippen LogP contribution in [0.5, 0.6) is 0 Å². The van der Waals surface area contributed by atoms with Crippen LogP contribution in [0.2, 0.25) is 0 Å². The maximum Gasteiger partial charge on any atom is 0.0546 e. The van der Waals surface area contributed by atoms with Crippen molar-refractivity contribution in [1.29, 1.82) is 0 Å². The van der Waals surface area contributed by atoms with Crippen LogP contribution in [0.3, 0.4) is 0 Å². The number of allylic oxidation sites excluding steroid dienone is 7. The molecule has 10 rings (SSSR count). The molecular weight excluding hydrogens is 587 g/mol. The highest BCUT2D eigenvalue weighted by Crippen LogP contribution is 2.56. The van der Waals surface area contributed by atoms with Gasteiger partial charge in [0.2, 0.25) is 0 Å². The van der Waals surface area contributed by atoms with Gasteiger partial charge in [-0.25, -0.2) is 0 Å². The van der Waals surface area contributed by atoms with Crippen LogP contribution in [0, 0.1) is 0 Å². The molecule has 1 heterocycles. The smallest absolute Gasteiger partial charge is 0.0546 e. The van der Waals surface area contributed by atoms with Crippen molar-refractivity contribution in [2.75, 3.05) is 4.90 Å². The Morgan fingerprint density at radius 3 is 2.47 bits per heavy atom. The maximum atomic E-state index is 2.59. The van der Waals surface area contributed by atoms with Crippen LogP contribution in [0.1, 0.15) is 49.8 Å². The molecule has 4 aliphatic rings. The summed E-state index contributed by atoms with van der Waals surface area (Å²) in [5, 5.41) is 8.23. The number of fused-ring (bicyclic) bond motifs is 10. The third-order valence-corrected chi connectivity index (χ3v) is 12.4. The molecule has 226 valence electrons. The van der Waals surface area contributed by atoms with Crippen molar-refractivity contribution in [1.82, 2.24) is 0 Å². The average Bonchev–Trinajstić information content (AvgIpc) is 3.60. The fourth-order valence-electron chi connectivity index (χ4n) is 8.80. The molecule has 0 bridgehead atoms. The molecule has 0 spiro atoms. The van der Waals surface area contributed by atoms with E-state index in [0.717, 1.165) is 19.3 Å². The van der Waals surface area contributed by atoms with Gasteiger partial charge >= 0.3 is 0 Å². The Morgan fingerprint density at radius 2 is 1.55 bits per heavy atom. The van der Waals surface area contributed by atoms with Crippen molar-refractivity contribution in [3.63, 3.8) is 0 Å². The lowest BCUT2D eigenvalue weighted by Crippen LogP contribution is -2.18. The topological polar surface area (TPSA) is 3.24 Å². The summed E-state index contributed by atoms with van der Waals surface area (Å²) in [6.07, 6.45) is 15.0. The van der Waals surface area contributed by atoms with E-state index in [1.54, 1.807) is 5.57 Å². The lowest BCUT2D eigenvalue weighted by atomic mass is 9.78. The van der Waals surface area contributed by atoms with Gasteiger partial charge in [-0.05, 0) is 98.8 Å². The van der Waals surface area contributed by atoms with E-state index in [2.05, 4.69) is 152 Å². The number of hydrogen-bond donors (Lipinski definition) is 0. The standard InChI is InChI=1S/C45H35NS/c1-45(2)38-18-9-7-17-35(38)44-39(45)19-11-20-40(44)46(29-23-25-43-37(26-29)34-16-8-10-21-42(34)47-43)41-27-36-30-13-4-3-12-28(30)22-24-32(36)31-14-5-6-15-33(31)41/h3-8,10-17,19-20,22-27,42H,9,18,21H2,1-2H3. The van der Waals surface area contributed by atoms with Gasteiger partial charge in [-0.2, -0.15) is 0 Å². The minimum atomic E-state index is -0.000197.